The second kappa shape index (κ2) is 8.60. The molecule has 0 bridgehead atoms. The van der Waals surface area contributed by atoms with Crippen molar-refractivity contribution in [3.8, 4) is 5.75 Å². The molecule has 8 nitrogen and oxygen atoms in total. The van der Waals surface area contributed by atoms with E-state index >= 15 is 0 Å². The maximum atomic E-state index is 12.3. The molecule has 8 heteroatoms. The molecule has 1 heterocycles. The first kappa shape index (κ1) is 21.0. The van der Waals surface area contributed by atoms with E-state index in [1.54, 1.807) is 6.92 Å². The highest BCUT2D eigenvalue weighted by Crippen LogP contribution is 2.28. The number of nitrogens with one attached hydrogen (secondary N) is 1. The smallest absolute Gasteiger partial charge is 0.342 e. The number of carbonyl (C=O) groups excluding carboxylic acids is 3. The summed E-state index contributed by atoms with van der Waals surface area (Å²) in [5, 5.41) is 2.43. The summed E-state index contributed by atoms with van der Waals surface area (Å²) in [6, 6.07) is 3.85. The number of anilines is 1. The van der Waals surface area contributed by atoms with E-state index in [0.29, 0.717) is 5.75 Å². The molecule has 3 N–H and O–H groups in total. The summed E-state index contributed by atoms with van der Waals surface area (Å²) in [7, 11) is 0. The predicted octanol–water partition coefficient (Wildman–Crippen LogP) is 2.81. The summed E-state index contributed by atoms with van der Waals surface area (Å²) in [6.07, 6.45) is 0. The van der Waals surface area contributed by atoms with Crippen molar-refractivity contribution in [1.82, 2.24) is 0 Å². The minimum absolute atomic E-state index is 0.101. The van der Waals surface area contributed by atoms with Gasteiger partial charge in [-0.15, -0.1) is 0 Å². The van der Waals surface area contributed by atoms with Crippen LogP contribution in [0.15, 0.2) is 16.5 Å². The summed E-state index contributed by atoms with van der Waals surface area (Å²) >= 11 is 0. The molecule has 2 rings (SSSR count). The van der Waals surface area contributed by atoms with Crippen LogP contribution >= 0.6 is 0 Å². The van der Waals surface area contributed by atoms with E-state index in [9.17, 15) is 14.4 Å². The second-order valence-corrected chi connectivity index (χ2v) is 6.36. The van der Waals surface area contributed by atoms with E-state index in [1.165, 1.54) is 6.92 Å². The molecule has 1 aromatic heterocycles. The number of benzene rings is 1. The van der Waals surface area contributed by atoms with Crippen LogP contribution in [0.2, 0.25) is 0 Å². The van der Waals surface area contributed by atoms with Crippen molar-refractivity contribution in [1.29, 1.82) is 0 Å². The molecule has 0 saturated heterocycles. The zero-order chi connectivity index (χ0) is 21.0. The van der Waals surface area contributed by atoms with E-state index in [2.05, 4.69) is 5.32 Å². The average Bonchev–Trinajstić information content (AvgIpc) is 2.93. The molecule has 0 unspecified atom stereocenters. The number of aryl methyl sites for hydroxylation is 3. The van der Waals surface area contributed by atoms with Gasteiger partial charge in [-0.1, -0.05) is 6.07 Å². The Labute approximate surface area is 163 Å². The molecule has 0 atom stereocenters. The first-order valence-corrected chi connectivity index (χ1v) is 8.76. The molecule has 0 spiro atoms. The lowest BCUT2D eigenvalue weighted by Gasteiger charge is -2.12. The minimum Gasteiger partial charge on any atom is -0.483 e. The molecule has 0 fully saturated rings. The van der Waals surface area contributed by atoms with Crippen molar-refractivity contribution >= 4 is 23.7 Å². The fourth-order valence-corrected chi connectivity index (χ4v) is 2.77. The molecule has 2 aromatic rings. The number of furan rings is 1. The number of rotatable bonds is 7. The average molecular weight is 388 g/mol. The minimum atomic E-state index is -0.915. The maximum absolute atomic E-state index is 12.3. The number of esters is 1. The SMILES string of the molecule is CCOC(=O)c1c(C)oc(NC(=O)COc2cc(C)cc(C)c2C)c1C(N)=O. The predicted molar refractivity (Wildman–Crippen MR) is 103 cm³/mol. The van der Waals surface area contributed by atoms with Crippen LogP contribution in [0.1, 0.15) is 50.1 Å². The monoisotopic (exact) mass is 388 g/mol. The van der Waals surface area contributed by atoms with Gasteiger partial charge in [0.15, 0.2) is 6.61 Å². The van der Waals surface area contributed by atoms with Crippen molar-refractivity contribution in [2.24, 2.45) is 5.73 Å². The Morgan fingerprint density at radius 1 is 1.11 bits per heavy atom. The third kappa shape index (κ3) is 4.51. The molecule has 0 saturated carbocycles. The number of amides is 2. The Bertz CT molecular complexity index is 929. The van der Waals surface area contributed by atoms with Crippen molar-refractivity contribution < 1.29 is 28.3 Å². The van der Waals surface area contributed by atoms with Gasteiger partial charge in [-0.3, -0.25) is 14.9 Å². The standard InChI is InChI=1S/C20H24N2O6/c1-6-26-20(25)16-13(5)28-19(17(16)18(21)24)22-15(23)9-27-14-8-10(2)7-11(3)12(14)4/h7-8H,6,9H2,1-5H3,(H2,21,24)(H,22,23). The summed E-state index contributed by atoms with van der Waals surface area (Å²) < 4.78 is 15.9. The first-order chi connectivity index (χ1) is 13.1. The quantitative estimate of drug-likeness (QED) is 0.704. The van der Waals surface area contributed by atoms with Crippen LogP contribution in [0, 0.1) is 27.7 Å². The van der Waals surface area contributed by atoms with E-state index in [4.69, 9.17) is 19.6 Å². The van der Waals surface area contributed by atoms with Gasteiger partial charge in [-0.25, -0.2) is 4.79 Å². The fraction of sp³-hybridized carbons (Fsp3) is 0.350. The van der Waals surface area contributed by atoms with Crippen LogP contribution in [0.25, 0.3) is 0 Å². The third-order valence-electron chi connectivity index (χ3n) is 4.19. The zero-order valence-corrected chi connectivity index (χ0v) is 16.6. The largest absolute Gasteiger partial charge is 0.483 e. The van der Waals surface area contributed by atoms with Crippen molar-refractivity contribution in [3.05, 3.63) is 45.7 Å². The van der Waals surface area contributed by atoms with Gasteiger partial charge in [-0.05, 0) is 57.4 Å². The van der Waals surface area contributed by atoms with Crippen LogP contribution in [0.5, 0.6) is 5.75 Å². The van der Waals surface area contributed by atoms with Gasteiger partial charge in [0.1, 0.15) is 22.6 Å². The fourth-order valence-electron chi connectivity index (χ4n) is 2.77. The Kier molecular flexibility index (Phi) is 6.45. The summed E-state index contributed by atoms with van der Waals surface area (Å²) in [6.45, 7) is 8.70. The molecule has 1 aromatic carbocycles. The van der Waals surface area contributed by atoms with E-state index in [0.717, 1.165) is 16.7 Å². The van der Waals surface area contributed by atoms with Crippen molar-refractivity contribution in [2.45, 2.75) is 34.6 Å². The van der Waals surface area contributed by atoms with Gasteiger partial charge >= 0.3 is 5.97 Å². The Morgan fingerprint density at radius 2 is 1.79 bits per heavy atom. The van der Waals surface area contributed by atoms with E-state index < -0.39 is 17.8 Å². The third-order valence-corrected chi connectivity index (χ3v) is 4.19. The molecular formula is C20H24N2O6. The van der Waals surface area contributed by atoms with Crippen LogP contribution < -0.4 is 15.8 Å². The molecule has 0 aliphatic rings. The molecular weight excluding hydrogens is 364 g/mol. The lowest BCUT2D eigenvalue weighted by Crippen LogP contribution is -2.23. The highest BCUT2D eigenvalue weighted by molar-refractivity contribution is 6.10. The van der Waals surface area contributed by atoms with Gasteiger partial charge in [0.2, 0.25) is 5.88 Å². The Hall–Kier alpha value is -3.29. The van der Waals surface area contributed by atoms with Gasteiger partial charge in [0.25, 0.3) is 11.8 Å². The van der Waals surface area contributed by atoms with Gasteiger partial charge in [0.05, 0.1) is 6.61 Å². The molecule has 28 heavy (non-hydrogen) atoms. The zero-order valence-electron chi connectivity index (χ0n) is 16.6. The van der Waals surface area contributed by atoms with Crippen LogP contribution in [-0.2, 0) is 9.53 Å². The van der Waals surface area contributed by atoms with Crippen LogP contribution in [-0.4, -0.2) is 31.0 Å². The van der Waals surface area contributed by atoms with E-state index in [1.807, 2.05) is 32.9 Å². The normalized spacial score (nSPS) is 10.5. The van der Waals surface area contributed by atoms with E-state index in [-0.39, 0.29) is 36.0 Å². The van der Waals surface area contributed by atoms with Crippen LogP contribution in [0.4, 0.5) is 5.88 Å². The molecule has 0 aliphatic carbocycles. The number of carbonyl (C=O) groups is 3. The van der Waals surface area contributed by atoms with Gasteiger partial charge < -0.3 is 19.6 Å². The summed E-state index contributed by atoms with van der Waals surface area (Å²) in [5.41, 5.74) is 8.02. The molecule has 150 valence electrons. The number of hydrogen-bond donors (Lipinski definition) is 2. The Morgan fingerprint density at radius 3 is 2.39 bits per heavy atom. The maximum Gasteiger partial charge on any atom is 0.342 e. The topological polar surface area (TPSA) is 121 Å². The first-order valence-electron chi connectivity index (χ1n) is 8.76. The van der Waals surface area contributed by atoms with Gasteiger partial charge in [0, 0.05) is 0 Å². The number of primary amides is 1. The Balaban J connectivity index is 2.19. The number of ether oxygens (including phenoxy) is 2. The lowest BCUT2D eigenvalue weighted by molar-refractivity contribution is -0.118. The number of hydrogen-bond acceptors (Lipinski definition) is 6. The van der Waals surface area contributed by atoms with Crippen LogP contribution in [0.3, 0.4) is 0 Å². The lowest BCUT2D eigenvalue weighted by atomic mass is 10.1. The number of nitrogens with two attached hydrogens (primary N) is 1. The highest BCUT2D eigenvalue weighted by Gasteiger charge is 2.29. The molecule has 0 aliphatic heterocycles. The summed E-state index contributed by atoms with van der Waals surface area (Å²) in [5.74, 6) is -1.73. The molecule has 2 amide bonds. The second-order valence-electron chi connectivity index (χ2n) is 6.36. The molecule has 0 radical (unpaired) electrons. The van der Waals surface area contributed by atoms with Gasteiger partial charge in [-0.2, -0.15) is 0 Å². The van der Waals surface area contributed by atoms with Crippen molar-refractivity contribution in [3.63, 3.8) is 0 Å². The van der Waals surface area contributed by atoms with Crippen molar-refractivity contribution in [2.75, 3.05) is 18.5 Å². The highest BCUT2D eigenvalue weighted by atomic mass is 16.5. The summed E-state index contributed by atoms with van der Waals surface area (Å²) in [4.78, 5) is 36.2.